The maximum atomic E-state index is 12.9. The average Bonchev–Trinajstić information content (AvgIpc) is 3.36. The molecule has 1 unspecified atom stereocenters. The summed E-state index contributed by atoms with van der Waals surface area (Å²) in [5, 5.41) is 19.2. The van der Waals surface area contributed by atoms with Crippen LogP contribution in [0, 0.1) is 0 Å². The fourth-order valence-electron chi connectivity index (χ4n) is 3.73. The van der Waals surface area contributed by atoms with E-state index in [1.54, 1.807) is 23.0 Å². The van der Waals surface area contributed by atoms with E-state index in [4.69, 9.17) is 14.6 Å². The van der Waals surface area contributed by atoms with E-state index < -0.39 is 11.9 Å². The summed E-state index contributed by atoms with van der Waals surface area (Å²) in [6, 6.07) is 4.65. The highest BCUT2D eigenvalue weighted by Crippen LogP contribution is 2.31. The molecule has 0 aliphatic carbocycles. The minimum atomic E-state index is -0.668. The van der Waals surface area contributed by atoms with E-state index in [1.165, 1.54) is 4.90 Å². The SMILES string of the molecule is O=C1CCC(N2Cc3c(cccc3-n3cc(COCCOCCO)nn3)C2=O)C(=O)N1. The minimum Gasteiger partial charge on any atom is -0.394 e. The Bertz CT molecular complexity index is 990. The third-order valence-electron chi connectivity index (χ3n) is 5.20. The zero-order valence-electron chi connectivity index (χ0n) is 16.8. The highest BCUT2D eigenvalue weighted by atomic mass is 16.5. The van der Waals surface area contributed by atoms with E-state index in [-0.39, 0.29) is 44.6 Å². The molecule has 2 aromatic rings. The Morgan fingerprint density at radius 1 is 1.16 bits per heavy atom. The van der Waals surface area contributed by atoms with Gasteiger partial charge in [-0.05, 0) is 18.6 Å². The topological polar surface area (TPSA) is 136 Å². The van der Waals surface area contributed by atoms with Crippen LogP contribution in [0.15, 0.2) is 24.4 Å². The summed E-state index contributed by atoms with van der Waals surface area (Å²) in [5.41, 5.74) is 2.58. The van der Waals surface area contributed by atoms with Gasteiger partial charge in [0.1, 0.15) is 11.7 Å². The van der Waals surface area contributed by atoms with Crippen molar-refractivity contribution in [3.05, 3.63) is 41.2 Å². The Morgan fingerprint density at radius 3 is 2.81 bits per heavy atom. The second-order valence-electron chi connectivity index (χ2n) is 7.25. The van der Waals surface area contributed by atoms with Crippen molar-refractivity contribution in [3.63, 3.8) is 0 Å². The molecule has 4 rings (SSSR count). The number of hydrogen-bond donors (Lipinski definition) is 2. The molecule has 0 spiro atoms. The number of rotatable bonds is 9. The molecule has 3 heterocycles. The monoisotopic (exact) mass is 429 g/mol. The van der Waals surface area contributed by atoms with Crippen molar-refractivity contribution in [2.45, 2.75) is 32.0 Å². The summed E-state index contributed by atoms with van der Waals surface area (Å²) in [7, 11) is 0. The van der Waals surface area contributed by atoms with Crippen LogP contribution in [0.3, 0.4) is 0 Å². The molecule has 1 atom stereocenters. The van der Waals surface area contributed by atoms with Gasteiger partial charge in [-0.15, -0.1) is 5.10 Å². The van der Waals surface area contributed by atoms with E-state index >= 15 is 0 Å². The van der Waals surface area contributed by atoms with Gasteiger partial charge in [-0.3, -0.25) is 19.7 Å². The second kappa shape index (κ2) is 9.33. The molecule has 0 radical (unpaired) electrons. The predicted molar refractivity (Wildman–Crippen MR) is 105 cm³/mol. The lowest BCUT2D eigenvalue weighted by molar-refractivity contribution is -0.136. The van der Waals surface area contributed by atoms with E-state index in [0.29, 0.717) is 36.6 Å². The summed E-state index contributed by atoms with van der Waals surface area (Å²) in [6.07, 6.45) is 2.25. The molecule has 11 heteroatoms. The van der Waals surface area contributed by atoms with Gasteiger partial charge in [-0.2, -0.15) is 0 Å². The van der Waals surface area contributed by atoms with Crippen LogP contribution in [-0.4, -0.2) is 75.2 Å². The van der Waals surface area contributed by atoms with Crippen molar-refractivity contribution in [1.82, 2.24) is 25.2 Å². The molecular formula is C20H23N5O6. The van der Waals surface area contributed by atoms with Gasteiger partial charge in [0.15, 0.2) is 0 Å². The third kappa shape index (κ3) is 4.48. The molecular weight excluding hydrogens is 406 g/mol. The first-order valence-corrected chi connectivity index (χ1v) is 10.0. The quantitative estimate of drug-likeness (QED) is 0.404. The van der Waals surface area contributed by atoms with Gasteiger partial charge < -0.3 is 19.5 Å². The number of carbonyl (C=O) groups is 3. The molecule has 2 aliphatic heterocycles. The van der Waals surface area contributed by atoms with Crippen LogP contribution in [-0.2, 0) is 32.2 Å². The fourth-order valence-corrected chi connectivity index (χ4v) is 3.73. The lowest BCUT2D eigenvalue weighted by atomic mass is 10.0. The zero-order valence-corrected chi connectivity index (χ0v) is 16.8. The van der Waals surface area contributed by atoms with Crippen LogP contribution in [0.1, 0.15) is 34.5 Å². The number of aromatic nitrogens is 3. The smallest absolute Gasteiger partial charge is 0.255 e. The van der Waals surface area contributed by atoms with Gasteiger partial charge in [0.05, 0.1) is 44.9 Å². The van der Waals surface area contributed by atoms with Crippen molar-refractivity contribution in [2.75, 3.05) is 26.4 Å². The molecule has 1 fully saturated rings. The maximum absolute atomic E-state index is 12.9. The largest absolute Gasteiger partial charge is 0.394 e. The Kier molecular flexibility index (Phi) is 6.35. The summed E-state index contributed by atoms with van der Waals surface area (Å²) in [6.45, 7) is 1.48. The van der Waals surface area contributed by atoms with Crippen molar-refractivity contribution in [1.29, 1.82) is 0 Å². The molecule has 0 saturated carbocycles. The number of piperidine rings is 1. The molecule has 31 heavy (non-hydrogen) atoms. The van der Waals surface area contributed by atoms with Crippen LogP contribution in [0.4, 0.5) is 0 Å². The number of hydrogen-bond acceptors (Lipinski definition) is 8. The van der Waals surface area contributed by atoms with E-state index in [2.05, 4.69) is 15.6 Å². The van der Waals surface area contributed by atoms with E-state index in [0.717, 1.165) is 5.56 Å². The van der Waals surface area contributed by atoms with Gasteiger partial charge in [-0.25, -0.2) is 4.68 Å². The number of carbonyl (C=O) groups excluding carboxylic acids is 3. The molecule has 3 amide bonds. The lowest BCUT2D eigenvalue weighted by Gasteiger charge is -2.29. The van der Waals surface area contributed by atoms with E-state index in [9.17, 15) is 14.4 Å². The summed E-state index contributed by atoms with van der Waals surface area (Å²) in [4.78, 5) is 38.1. The van der Waals surface area contributed by atoms with E-state index in [1.807, 2.05) is 6.07 Å². The van der Waals surface area contributed by atoms with Gasteiger partial charge >= 0.3 is 0 Å². The minimum absolute atomic E-state index is 0.0286. The van der Waals surface area contributed by atoms with Gasteiger partial charge in [-0.1, -0.05) is 11.3 Å². The molecule has 2 aliphatic rings. The molecule has 164 valence electrons. The second-order valence-corrected chi connectivity index (χ2v) is 7.25. The molecule has 1 saturated heterocycles. The van der Waals surface area contributed by atoms with Gasteiger partial charge in [0.2, 0.25) is 11.8 Å². The highest BCUT2D eigenvalue weighted by Gasteiger charge is 2.40. The fraction of sp³-hybridized carbons (Fsp3) is 0.450. The van der Waals surface area contributed by atoms with Crippen LogP contribution < -0.4 is 5.32 Å². The first-order chi connectivity index (χ1) is 15.1. The zero-order chi connectivity index (χ0) is 21.8. The first-order valence-electron chi connectivity index (χ1n) is 10.0. The number of fused-ring (bicyclic) bond motifs is 1. The number of nitrogens with one attached hydrogen (secondary N) is 1. The van der Waals surface area contributed by atoms with Crippen molar-refractivity contribution >= 4 is 17.7 Å². The number of aliphatic hydroxyl groups excluding tert-OH is 1. The van der Waals surface area contributed by atoms with Crippen LogP contribution in [0.5, 0.6) is 0 Å². The van der Waals surface area contributed by atoms with Crippen molar-refractivity contribution in [2.24, 2.45) is 0 Å². The number of nitrogens with zero attached hydrogens (tertiary/aromatic N) is 4. The predicted octanol–water partition coefficient (Wildman–Crippen LogP) is -0.446. The summed E-state index contributed by atoms with van der Waals surface area (Å²) < 4.78 is 12.2. The Balaban J connectivity index is 1.45. The Labute approximate surface area is 177 Å². The lowest BCUT2D eigenvalue weighted by Crippen LogP contribution is -2.52. The normalized spacial score (nSPS) is 18.4. The molecule has 0 bridgehead atoms. The average molecular weight is 429 g/mol. The first kappa shape index (κ1) is 21.1. The Morgan fingerprint density at radius 2 is 2.00 bits per heavy atom. The highest BCUT2D eigenvalue weighted by molar-refractivity contribution is 6.05. The number of amides is 3. The maximum Gasteiger partial charge on any atom is 0.255 e. The molecule has 1 aromatic heterocycles. The van der Waals surface area contributed by atoms with Crippen molar-refractivity contribution in [3.8, 4) is 5.69 Å². The third-order valence-corrected chi connectivity index (χ3v) is 5.20. The van der Waals surface area contributed by atoms with Gasteiger partial charge in [0, 0.05) is 24.1 Å². The summed E-state index contributed by atoms with van der Waals surface area (Å²) >= 11 is 0. The van der Waals surface area contributed by atoms with Crippen molar-refractivity contribution < 1.29 is 29.0 Å². The number of benzene rings is 1. The summed E-state index contributed by atoms with van der Waals surface area (Å²) in [5.74, 6) is -0.997. The number of imide groups is 1. The number of aliphatic hydroxyl groups is 1. The van der Waals surface area contributed by atoms with Crippen LogP contribution >= 0.6 is 0 Å². The molecule has 11 nitrogen and oxygen atoms in total. The van der Waals surface area contributed by atoms with Gasteiger partial charge in [0.25, 0.3) is 5.91 Å². The molecule has 1 aromatic carbocycles. The van der Waals surface area contributed by atoms with Crippen LogP contribution in [0.25, 0.3) is 5.69 Å². The molecule has 2 N–H and O–H groups in total. The standard InChI is InChI=1S/C20H23N5O6/c26-6-7-30-8-9-31-12-13-10-25(23-22-13)16-3-1-2-14-15(16)11-24(20(14)29)17-4-5-18(27)21-19(17)28/h1-3,10,17,26H,4-9,11-12H2,(H,21,27,28). The van der Waals surface area contributed by atoms with Crippen LogP contribution in [0.2, 0.25) is 0 Å². The number of ether oxygens (including phenoxy) is 2. The Hall–Kier alpha value is -3.15.